The normalized spacial score (nSPS) is 14.7. The van der Waals surface area contributed by atoms with Crippen molar-refractivity contribution in [3.05, 3.63) is 48.2 Å². The zero-order valence-corrected chi connectivity index (χ0v) is 17.4. The van der Waals surface area contributed by atoms with Crippen LogP contribution in [0.5, 0.6) is 0 Å². The summed E-state index contributed by atoms with van der Waals surface area (Å²) in [6, 6.07) is 6.07. The summed E-state index contributed by atoms with van der Waals surface area (Å²) in [6.45, 7) is 5.04. The van der Waals surface area contributed by atoms with E-state index in [4.69, 9.17) is 0 Å². The van der Waals surface area contributed by atoms with Gasteiger partial charge in [0.05, 0.1) is 17.6 Å². The maximum absolute atomic E-state index is 13.9. The monoisotopic (exact) mass is 416 g/mol. The molecule has 2 heterocycles. The van der Waals surface area contributed by atoms with Gasteiger partial charge < -0.3 is 15.1 Å². The molecule has 6 nitrogen and oxygen atoms in total. The quantitative estimate of drug-likeness (QED) is 0.815. The minimum absolute atomic E-state index is 0.0288. The molecule has 0 unspecified atom stereocenters. The highest BCUT2D eigenvalue weighted by Gasteiger charge is 2.28. The number of amides is 3. The summed E-state index contributed by atoms with van der Waals surface area (Å²) in [6.07, 6.45) is 2.85. The van der Waals surface area contributed by atoms with Crippen LogP contribution in [-0.2, 0) is 4.79 Å². The van der Waals surface area contributed by atoms with E-state index in [9.17, 15) is 18.4 Å². The number of rotatable bonds is 4. The molecule has 8 heteroatoms. The van der Waals surface area contributed by atoms with E-state index in [1.54, 1.807) is 18.0 Å². The standard InChI is InChI=1S/C22H26F2N4O2/c1-14(2)21(29)28-10-8-17(9-11-28)27(3)22(30)26-16-5-7-20(25-13-16)18-12-15(23)4-6-19(18)24/h4-7,12-14,17H,8-11H2,1-3H3,(H,26,30). The topological polar surface area (TPSA) is 65.5 Å². The van der Waals surface area contributed by atoms with Crippen molar-refractivity contribution in [1.82, 2.24) is 14.8 Å². The molecule has 2 aromatic rings. The summed E-state index contributed by atoms with van der Waals surface area (Å²) in [5.74, 6) is -1.00. The highest BCUT2D eigenvalue weighted by molar-refractivity contribution is 5.89. The number of aromatic nitrogens is 1. The molecule has 3 amide bonds. The maximum Gasteiger partial charge on any atom is 0.321 e. The zero-order chi connectivity index (χ0) is 21.8. The summed E-state index contributed by atoms with van der Waals surface area (Å²) >= 11 is 0. The summed E-state index contributed by atoms with van der Waals surface area (Å²) in [4.78, 5) is 32.3. The van der Waals surface area contributed by atoms with Gasteiger partial charge in [0.25, 0.3) is 0 Å². The van der Waals surface area contributed by atoms with Gasteiger partial charge in [-0.3, -0.25) is 9.78 Å². The number of likely N-dealkylation sites (tertiary alicyclic amines) is 1. The average Bonchev–Trinajstić information content (AvgIpc) is 2.75. The van der Waals surface area contributed by atoms with Gasteiger partial charge in [-0.2, -0.15) is 0 Å². The molecular formula is C22H26F2N4O2. The van der Waals surface area contributed by atoms with Gasteiger partial charge in [-0.25, -0.2) is 13.6 Å². The van der Waals surface area contributed by atoms with Gasteiger partial charge in [-0.1, -0.05) is 13.8 Å². The number of carbonyl (C=O) groups excluding carboxylic acids is 2. The van der Waals surface area contributed by atoms with Crippen molar-refractivity contribution in [1.29, 1.82) is 0 Å². The molecule has 30 heavy (non-hydrogen) atoms. The van der Waals surface area contributed by atoms with E-state index in [0.717, 1.165) is 31.0 Å². The fourth-order valence-corrected chi connectivity index (χ4v) is 3.54. The number of nitrogens with one attached hydrogen (secondary N) is 1. The van der Waals surface area contributed by atoms with Gasteiger partial charge in [-0.05, 0) is 43.2 Å². The van der Waals surface area contributed by atoms with E-state index in [-0.39, 0.29) is 35.2 Å². The largest absolute Gasteiger partial charge is 0.342 e. The van der Waals surface area contributed by atoms with Gasteiger partial charge in [0, 0.05) is 37.7 Å². The van der Waals surface area contributed by atoms with Crippen molar-refractivity contribution in [3.8, 4) is 11.3 Å². The van der Waals surface area contributed by atoms with Crippen LogP contribution in [0, 0.1) is 17.6 Å². The first-order valence-corrected chi connectivity index (χ1v) is 10.0. The van der Waals surface area contributed by atoms with E-state index >= 15 is 0 Å². The predicted octanol–water partition coefficient (Wildman–Crippen LogP) is 4.14. The Bertz CT molecular complexity index is 910. The number of urea groups is 1. The molecule has 160 valence electrons. The van der Waals surface area contributed by atoms with Crippen LogP contribution in [0.2, 0.25) is 0 Å². The lowest BCUT2D eigenvalue weighted by atomic mass is 10.0. The van der Waals surface area contributed by atoms with Crippen LogP contribution in [-0.4, -0.2) is 52.9 Å². The Labute approximate surface area is 174 Å². The molecule has 0 bridgehead atoms. The Balaban J connectivity index is 1.58. The molecule has 0 radical (unpaired) electrons. The fraction of sp³-hybridized carbons (Fsp3) is 0.409. The minimum Gasteiger partial charge on any atom is -0.342 e. The summed E-state index contributed by atoms with van der Waals surface area (Å²) in [5, 5.41) is 2.77. The number of pyridine rings is 1. The number of nitrogens with zero attached hydrogens (tertiary/aromatic N) is 3. The first kappa shape index (κ1) is 21.7. The maximum atomic E-state index is 13.9. The molecule has 0 spiro atoms. The molecule has 0 saturated carbocycles. The zero-order valence-electron chi connectivity index (χ0n) is 17.4. The van der Waals surface area contributed by atoms with Crippen molar-refractivity contribution in [2.75, 3.05) is 25.5 Å². The van der Waals surface area contributed by atoms with Crippen molar-refractivity contribution >= 4 is 17.6 Å². The second kappa shape index (κ2) is 9.19. The second-order valence-corrected chi connectivity index (χ2v) is 7.81. The van der Waals surface area contributed by atoms with Gasteiger partial charge in [0.2, 0.25) is 5.91 Å². The third-order valence-electron chi connectivity index (χ3n) is 5.36. The summed E-state index contributed by atoms with van der Waals surface area (Å²) < 4.78 is 27.3. The molecule has 3 rings (SSSR count). The summed E-state index contributed by atoms with van der Waals surface area (Å²) in [5.41, 5.74) is 0.799. The van der Waals surface area contributed by atoms with Crippen LogP contribution in [0.25, 0.3) is 11.3 Å². The lowest BCUT2D eigenvalue weighted by molar-refractivity contribution is -0.135. The number of anilines is 1. The lowest BCUT2D eigenvalue weighted by Crippen LogP contribution is -2.49. The Morgan fingerprint density at radius 1 is 1.17 bits per heavy atom. The molecule has 1 N–H and O–H groups in total. The van der Waals surface area contributed by atoms with Crippen LogP contribution < -0.4 is 5.32 Å². The second-order valence-electron chi connectivity index (χ2n) is 7.81. The smallest absolute Gasteiger partial charge is 0.321 e. The highest BCUT2D eigenvalue weighted by Crippen LogP contribution is 2.23. The third-order valence-corrected chi connectivity index (χ3v) is 5.36. The number of hydrogen-bond acceptors (Lipinski definition) is 3. The van der Waals surface area contributed by atoms with Crippen molar-refractivity contribution < 1.29 is 18.4 Å². The Hall–Kier alpha value is -3.03. The molecule has 0 aliphatic carbocycles. The molecule has 1 saturated heterocycles. The predicted molar refractivity (Wildman–Crippen MR) is 111 cm³/mol. The summed E-state index contributed by atoms with van der Waals surface area (Å²) in [7, 11) is 1.73. The van der Waals surface area contributed by atoms with Crippen molar-refractivity contribution in [2.24, 2.45) is 5.92 Å². The van der Waals surface area contributed by atoms with E-state index in [0.29, 0.717) is 18.8 Å². The first-order valence-electron chi connectivity index (χ1n) is 10.0. The number of hydrogen-bond donors (Lipinski definition) is 1. The van der Waals surface area contributed by atoms with Crippen molar-refractivity contribution in [2.45, 2.75) is 32.7 Å². The minimum atomic E-state index is -0.567. The number of benzene rings is 1. The Morgan fingerprint density at radius 2 is 1.87 bits per heavy atom. The molecular weight excluding hydrogens is 390 g/mol. The SMILES string of the molecule is CC(C)C(=O)N1CCC(N(C)C(=O)Nc2ccc(-c3cc(F)ccc3F)nc2)CC1. The fourth-order valence-electron chi connectivity index (χ4n) is 3.54. The van der Waals surface area contributed by atoms with Gasteiger partial charge >= 0.3 is 6.03 Å². The van der Waals surface area contributed by atoms with Crippen LogP contribution in [0.15, 0.2) is 36.5 Å². The molecule has 0 atom stereocenters. The van der Waals surface area contributed by atoms with Crippen LogP contribution in [0.4, 0.5) is 19.3 Å². The van der Waals surface area contributed by atoms with Crippen molar-refractivity contribution in [3.63, 3.8) is 0 Å². The van der Waals surface area contributed by atoms with Gasteiger partial charge in [-0.15, -0.1) is 0 Å². The van der Waals surface area contributed by atoms with E-state index in [1.807, 2.05) is 18.7 Å². The molecule has 1 aliphatic heterocycles. The van der Waals surface area contributed by atoms with E-state index < -0.39 is 11.6 Å². The number of carbonyl (C=O) groups is 2. The molecule has 1 aromatic carbocycles. The Kier molecular flexibility index (Phi) is 6.64. The number of piperidine rings is 1. The third kappa shape index (κ3) is 4.93. The first-order chi connectivity index (χ1) is 14.3. The van der Waals surface area contributed by atoms with E-state index in [2.05, 4.69) is 10.3 Å². The van der Waals surface area contributed by atoms with Crippen LogP contribution in [0.1, 0.15) is 26.7 Å². The molecule has 1 aromatic heterocycles. The lowest BCUT2D eigenvalue weighted by Gasteiger charge is -2.37. The van der Waals surface area contributed by atoms with E-state index in [1.165, 1.54) is 12.3 Å². The molecule has 1 aliphatic rings. The molecule has 1 fully saturated rings. The van der Waals surface area contributed by atoms with Gasteiger partial charge in [0.1, 0.15) is 11.6 Å². The van der Waals surface area contributed by atoms with Crippen LogP contribution >= 0.6 is 0 Å². The number of halogens is 2. The van der Waals surface area contributed by atoms with Gasteiger partial charge in [0.15, 0.2) is 0 Å². The average molecular weight is 416 g/mol. The van der Waals surface area contributed by atoms with Crippen LogP contribution in [0.3, 0.4) is 0 Å². The Morgan fingerprint density at radius 3 is 2.47 bits per heavy atom. The highest BCUT2D eigenvalue weighted by atomic mass is 19.1.